The Labute approximate surface area is 128 Å². The third-order valence-electron chi connectivity index (χ3n) is 4.90. The quantitative estimate of drug-likeness (QED) is 0.876. The minimum absolute atomic E-state index is 0.0315. The first-order chi connectivity index (χ1) is 10.8. The molecule has 1 aliphatic heterocycles. The van der Waals surface area contributed by atoms with Crippen molar-refractivity contribution in [3.05, 3.63) is 29.6 Å². The summed E-state index contributed by atoms with van der Waals surface area (Å²) in [7, 11) is 0. The van der Waals surface area contributed by atoms with Crippen molar-refractivity contribution in [1.29, 1.82) is 0 Å². The number of aryl methyl sites for hydroxylation is 1. The van der Waals surface area contributed by atoms with E-state index in [0.717, 1.165) is 62.3 Å². The van der Waals surface area contributed by atoms with Crippen molar-refractivity contribution in [1.82, 2.24) is 30.3 Å². The highest BCUT2D eigenvalue weighted by molar-refractivity contribution is 5.84. The number of piperidine rings is 1. The van der Waals surface area contributed by atoms with Crippen LogP contribution < -0.4 is 0 Å². The Balaban J connectivity index is 1.51. The van der Waals surface area contributed by atoms with E-state index in [-0.39, 0.29) is 17.7 Å². The van der Waals surface area contributed by atoms with E-state index in [0.29, 0.717) is 0 Å². The Morgan fingerprint density at radius 1 is 1.23 bits per heavy atom. The second kappa shape index (κ2) is 5.55. The molecular formula is C15H20N6O. The molecule has 22 heavy (non-hydrogen) atoms. The monoisotopic (exact) mass is 300 g/mol. The number of carbonyl (C=O) groups excluding carboxylic acids is 1. The van der Waals surface area contributed by atoms with Gasteiger partial charge in [0.05, 0.1) is 12.1 Å². The molecule has 2 atom stereocenters. The number of fused-ring (bicyclic) bond motifs is 1. The van der Waals surface area contributed by atoms with Crippen LogP contribution in [0.2, 0.25) is 0 Å². The molecule has 4 rings (SSSR count). The van der Waals surface area contributed by atoms with E-state index >= 15 is 0 Å². The van der Waals surface area contributed by atoms with Gasteiger partial charge in [0.25, 0.3) is 0 Å². The van der Waals surface area contributed by atoms with Gasteiger partial charge in [0.1, 0.15) is 12.2 Å². The topological polar surface area (TPSA) is 90.6 Å². The second-order valence-electron chi connectivity index (χ2n) is 6.24. The van der Waals surface area contributed by atoms with E-state index in [2.05, 4.69) is 25.4 Å². The summed E-state index contributed by atoms with van der Waals surface area (Å²) in [6, 6.07) is 0. The van der Waals surface area contributed by atoms with Gasteiger partial charge in [-0.1, -0.05) is 0 Å². The number of nitrogens with zero attached hydrogens (tertiary/aromatic N) is 4. The zero-order valence-electron chi connectivity index (χ0n) is 12.5. The molecule has 2 aliphatic rings. The van der Waals surface area contributed by atoms with Crippen LogP contribution >= 0.6 is 0 Å². The van der Waals surface area contributed by atoms with Crippen LogP contribution in [0.5, 0.6) is 0 Å². The van der Waals surface area contributed by atoms with Gasteiger partial charge in [0, 0.05) is 30.3 Å². The van der Waals surface area contributed by atoms with Crippen LogP contribution in [0.25, 0.3) is 0 Å². The van der Waals surface area contributed by atoms with E-state index in [4.69, 9.17) is 0 Å². The number of aromatic amines is 2. The molecule has 7 heteroatoms. The zero-order valence-corrected chi connectivity index (χ0v) is 12.5. The Bertz CT molecular complexity index is 649. The predicted octanol–water partition coefficient (Wildman–Crippen LogP) is 1.35. The number of hydrogen-bond donors (Lipinski definition) is 2. The van der Waals surface area contributed by atoms with Crippen LogP contribution in [-0.4, -0.2) is 49.3 Å². The molecule has 1 fully saturated rings. The summed E-state index contributed by atoms with van der Waals surface area (Å²) in [6.45, 7) is 1.57. The predicted molar refractivity (Wildman–Crippen MR) is 79.2 cm³/mol. The molecule has 7 nitrogen and oxygen atoms in total. The lowest BCUT2D eigenvalue weighted by atomic mass is 9.85. The molecule has 2 aromatic rings. The molecule has 1 amide bonds. The number of rotatable bonds is 2. The fourth-order valence-electron chi connectivity index (χ4n) is 3.75. The number of nitrogens with one attached hydrogen (secondary N) is 2. The van der Waals surface area contributed by atoms with E-state index < -0.39 is 0 Å². The van der Waals surface area contributed by atoms with Crippen molar-refractivity contribution < 1.29 is 4.79 Å². The maximum Gasteiger partial charge on any atom is 0.230 e. The lowest BCUT2D eigenvalue weighted by molar-refractivity contribution is -0.134. The largest absolute Gasteiger partial charge is 0.341 e. The number of aromatic nitrogens is 5. The van der Waals surface area contributed by atoms with Gasteiger partial charge in [0.15, 0.2) is 0 Å². The van der Waals surface area contributed by atoms with Gasteiger partial charge < -0.3 is 4.90 Å². The lowest BCUT2D eigenvalue weighted by Gasteiger charge is -2.35. The van der Waals surface area contributed by atoms with E-state index in [1.165, 1.54) is 6.33 Å². The van der Waals surface area contributed by atoms with Crippen molar-refractivity contribution in [2.75, 3.05) is 13.1 Å². The van der Waals surface area contributed by atoms with Crippen molar-refractivity contribution in [2.45, 2.75) is 43.9 Å². The van der Waals surface area contributed by atoms with Crippen LogP contribution in [0.1, 0.15) is 54.6 Å². The Morgan fingerprint density at radius 2 is 2.18 bits per heavy atom. The highest BCUT2D eigenvalue weighted by Gasteiger charge is 2.34. The normalized spacial score (nSPS) is 25.0. The Kier molecular flexibility index (Phi) is 3.40. The first kappa shape index (κ1) is 13.5. The van der Waals surface area contributed by atoms with Gasteiger partial charge in [0.2, 0.25) is 5.91 Å². The second-order valence-corrected chi connectivity index (χ2v) is 6.24. The van der Waals surface area contributed by atoms with E-state index in [9.17, 15) is 4.79 Å². The van der Waals surface area contributed by atoms with Crippen LogP contribution in [0.15, 0.2) is 12.5 Å². The molecule has 2 unspecified atom stereocenters. The van der Waals surface area contributed by atoms with Crippen LogP contribution in [0, 0.1) is 0 Å². The summed E-state index contributed by atoms with van der Waals surface area (Å²) in [5, 5.41) is 14.0. The Hall–Kier alpha value is -2.18. The van der Waals surface area contributed by atoms with Crippen molar-refractivity contribution in [2.24, 2.45) is 0 Å². The molecule has 0 spiro atoms. The maximum atomic E-state index is 13.0. The molecule has 1 aliphatic carbocycles. The zero-order chi connectivity index (χ0) is 14.9. The van der Waals surface area contributed by atoms with Gasteiger partial charge in [-0.25, -0.2) is 4.98 Å². The number of likely N-dealkylation sites (tertiary alicyclic amines) is 1. The molecule has 3 heterocycles. The smallest absolute Gasteiger partial charge is 0.230 e. The minimum atomic E-state index is -0.0315. The highest BCUT2D eigenvalue weighted by atomic mass is 16.2. The van der Waals surface area contributed by atoms with Gasteiger partial charge in [-0.15, -0.1) is 0 Å². The first-order valence-corrected chi connectivity index (χ1v) is 7.99. The van der Waals surface area contributed by atoms with Crippen molar-refractivity contribution in [3.63, 3.8) is 0 Å². The summed E-state index contributed by atoms with van der Waals surface area (Å²) < 4.78 is 0. The molecule has 0 radical (unpaired) electrons. The minimum Gasteiger partial charge on any atom is -0.341 e. The average molecular weight is 300 g/mol. The number of hydrogen-bond acceptors (Lipinski definition) is 4. The van der Waals surface area contributed by atoms with Crippen LogP contribution in [0.3, 0.4) is 0 Å². The SMILES string of the molecule is O=C(C1CCCc2[nH]ncc21)N1CCCC(c2ncn[nH]2)C1. The molecule has 0 bridgehead atoms. The first-order valence-electron chi connectivity index (χ1n) is 7.99. The molecule has 1 saturated heterocycles. The lowest BCUT2D eigenvalue weighted by Crippen LogP contribution is -2.42. The van der Waals surface area contributed by atoms with E-state index in [1.54, 1.807) is 0 Å². The molecule has 2 aromatic heterocycles. The standard InChI is InChI=1S/C15H20N6O/c22-15(11-4-1-5-13-12(11)7-17-19-13)21-6-2-3-10(8-21)14-16-9-18-20-14/h7,9-11H,1-6,8H2,(H,17,19)(H,16,18,20). The Morgan fingerprint density at radius 3 is 3.05 bits per heavy atom. The fraction of sp³-hybridized carbons (Fsp3) is 0.600. The van der Waals surface area contributed by atoms with Crippen molar-refractivity contribution in [3.8, 4) is 0 Å². The van der Waals surface area contributed by atoms with E-state index in [1.807, 2.05) is 11.1 Å². The van der Waals surface area contributed by atoms with Gasteiger partial charge >= 0.3 is 0 Å². The molecular weight excluding hydrogens is 280 g/mol. The van der Waals surface area contributed by atoms with Crippen LogP contribution in [0.4, 0.5) is 0 Å². The summed E-state index contributed by atoms with van der Waals surface area (Å²) in [4.78, 5) is 19.2. The van der Waals surface area contributed by atoms with Crippen LogP contribution in [-0.2, 0) is 11.2 Å². The highest BCUT2D eigenvalue weighted by Crippen LogP contribution is 2.33. The summed E-state index contributed by atoms with van der Waals surface area (Å²) in [5.41, 5.74) is 2.23. The fourth-order valence-corrected chi connectivity index (χ4v) is 3.75. The average Bonchev–Trinajstić information content (AvgIpc) is 3.25. The van der Waals surface area contributed by atoms with Gasteiger partial charge in [-0.2, -0.15) is 10.2 Å². The molecule has 0 aromatic carbocycles. The number of amides is 1. The third kappa shape index (κ3) is 2.30. The molecule has 0 saturated carbocycles. The maximum absolute atomic E-state index is 13.0. The van der Waals surface area contributed by atoms with Gasteiger partial charge in [-0.05, 0) is 32.1 Å². The molecule has 116 valence electrons. The number of H-pyrrole nitrogens is 2. The summed E-state index contributed by atoms with van der Waals surface area (Å²) >= 11 is 0. The number of carbonyl (C=O) groups is 1. The summed E-state index contributed by atoms with van der Waals surface area (Å²) in [5.74, 6) is 1.38. The third-order valence-corrected chi connectivity index (χ3v) is 4.90. The summed E-state index contributed by atoms with van der Waals surface area (Å²) in [6.07, 6.45) is 8.41. The van der Waals surface area contributed by atoms with Gasteiger partial charge in [-0.3, -0.25) is 15.0 Å². The molecule has 2 N–H and O–H groups in total. The van der Waals surface area contributed by atoms with Crippen molar-refractivity contribution >= 4 is 5.91 Å².